The van der Waals surface area contributed by atoms with Crippen molar-refractivity contribution in [2.24, 2.45) is 10.9 Å². The molecule has 0 radical (unpaired) electrons. The fraction of sp³-hybridized carbons (Fsp3) is 0.625. The van der Waals surface area contributed by atoms with Crippen LogP contribution in [-0.4, -0.2) is 66.8 Å². The van der Waals surface area contributed by atoms with Crippen LogP contribution < -0.4 is 10.6 Å². The SMILES string of the molecule is CCN(Cc1ccccc1)C(=O)CNC(=NC)NC1CCN(C(=O)C2CCCCC2)C1. The van der Waals surface area contributed by atoms with Gasteiger partial charge in [-0.25, -0.2) is 0 Å². The van der Waals surface area contributed by atoms with E-state index in [1.165, 1.54) is 19.3 Å². The topological polar surface area (TPSA) is 77.0 Å². The minimum absolute atomic E-state index is 0.0369. The number of likely N-dealkylation sites (tertiary alicyclic amines) is 1. The van der Waals surface area contributed by atoms with Gasteiger partial charge in [0.2, 0.25) is 11.8 Å². The van der Waals surface area contributed by atoms with Crippen molar-refractivity contribution in [1.29, 1.82) is 0 Å². The number of nitrogens with zero attached hydrogens (tertiary/aromatic N) is 3. The Bertz CT molecular complexity index is 746. The lowest BCUT2D eigenvalue weighted by Gasteiger charge is -2.26. The van der Waals surface area contributed by atoms with Crippen molar-refractivity contribution in [3.63, 3.8) is 0 Å². The maximum atomic E-state index is 12.8. The van der Waals surface area contributed by atoms with Crippen molar-refractivity contribution in [3.8, 4) is 0 Å². The van der Waals surface area contributed by atoms with Crippen LogP contribution >= 0.6 is 0 Å². The summed E-state index contributed by atoms with van der Waals surface area (Å²) in [6, 6.07) is 10.2. The van der Waals surface area contributed by atoms with E-state index < -0.39 is 0 Å². The average Bonchev–Trinajstić information content (AvgIpc) is 3.29. The van der Waals surface area contributed by atoms with Gasteiger partial charge >= 0.3 is 0 Å². The molecule has 0 spiro atoms. The number of likely N-dealkylation sites (N-methyl/N-ethyl adjacent to an activating group) is 1. The van der Waals surface area contributed by atoms with E-state index in [1.54, 1.807) is 7.05 Å². The molecule has 1 atom stereocenters. The monoisotopic (exact) mass is 427 g/mol. The number of carbonyl (C=O) groups is 2. The zero-order valence-electron chi connectivity index (χ0n) is 19.0. The summed E-state index contributed by atoms with van der Waals surface area (Å²) < 4.78 is 0. The van der Waals surface area contributed by atoms with Gasteiger partial charge in [0.1, 0.15) is 0 Å². The normalized spacial score (nSPS) is 19.9. The second-order valence-corrected chi connectivity index (χ2v) is 8.57. The van der Waals surface area contributed by atoms with Crippen molar-refractivity contribution in [2.75, 3.05) is 33.2 Å². The number of hydrogen-bond acceptors (Lipinski definition) is 3. The molecule has 31 heavy (non-hydrogen) atoms. The molecule has 2 aliphatic rings. The van der Waals surface area contributed by atoms with Gasteiger partial charge in [0.05, 0.1) is 6.54 Å². The van der Waals surface area contributed by atoms with Gasteiger partial charge < -0.3 is 20.4 Å². The van der Waals surface area contributed by atoms with E-state index in [2.05, 4.69) is 15.6 Å². The van der Waals surface area contributed by atoms with Crippen LogP contribution in [0, 0.1) is 5.92 Å². The van der Waals surface area contributed by atoms with Gasteiger partial charge in [0.25, 0.3) is 0 Å². The average molecular weight is 428 g/mol. The Balaban J connectivity index is 1.43. The van der Waals surface area contributed by atoms with Crippen LogP contribution in [0.1, 0.15) is 51.0 Å². The van der Waals surface area contributed by atoms with Crippen molar-refractivity contribution in [3.05, 3.63) is 35.9 Å². The first-order chi connectivity index (χ1) is 15.1. The number of guanidine groups is 1. The summed E-state index contributed by atoms with van der Waals surface area (Å²) in [5.41, 5.74) is 1.12. The Morgan fingerprint density at radius 2 is 1.87 bits per heavy atom. The van der Waals surface area contributed by atoms with Crippen LogP contribution in [0.25, 0.3) is 0 Å². The zero-order valence-corrected chi connectivity index (χ0v) is 19.0. The molecule has 7 heteroatoms. The number of carbonyl (C=O) groups excluding carboxylic acids is 2. The van der Waals surface area contributed by atoms with Gasteiger partial charge in [-0.15, -0.1) is 0 Å². The number of nitrogens with one attached hydrogen (secondary N) is 2. The second-order valence-electron chi connectivity index (χ2n) is 8.57. The van der Waals surface area contributed by atoms with Crippen LogP contribution in [0.5, 0.6) is 0 Å². The fourth-order valence-corrected chi connectivity index (χ4v) is 4.53. The molecule has 0 bridgehead atoms. The van der Waals surface area contributed by atoms with Crippen molar-refractivity contribution >= 4 is 17.8 Å². The predicted molar refractivity (Wildman–Crippen MR) is 124 cm³/mol. The van der Waals surface area contributed by atoms with Gasteiger partial charge in [-0.1, -0.05) is 49.6 Å². The molecular weight excluding hydrogens is 390 g/mol. The van der Waals surface area contributed by atoms with Gasteiger partial charge in [0.15, 0.2) is 5.96 Å². The molecule has 1 aliphatic heterocycles. The molecule has 1 aromatic rings. The molecule has 1 saturated heterocycles. The number of hydrogen-bond donors (Lipinski definition) is 2. The molecule has 2 N–H and O–H groups in total. The first kappa shape index (κ1) is 23.1. The highest BCUT2D eigenvalue weighted by Crippen LogP contribution is 2.26. The summed E-state index contributed by atoms with van der Waals surface area (Å²) in [5.74, 6) is 1.18. The largest absolute Gasteiger partial charge is 0.352 e. The third-order valence-electron chi connectivity index (χ3n) is 6.38. The van der Waals surface area contributed by atoms with Crippen LogP contribution in [0.15, 0.2) is 35.3 Å². The Hall–Kier alpha value is -2.57. The Morgan fingerprint density at radius 3 is 2.55 bits per heavy atom. The summed E-state index contributed by atoms with van der Waals surface area (Å²) in [6.07, 6.45) is 6.59. The predicted octanol–water partition coefficient (Wildman–Crippen LogP) is 2.38. The molecular formula is C24H37N5O2. The van der Waals surface area contributed by atoms with Crippen LogP contribution in [-0.2, 0) is 16.1 Å². The van der Waals surface area contributed by atoms with E-state index >= 15 is 0 Å². The summed E-state index contributed by atoms with van der Waals surface area (Å²) in [7, 11) is 1.71. The summed E-state index contributed by atoms with van der Waals surface area (Å²) in [6.45, 7) is 4.94. The molecule has 170 valence electrons. The number of aliphatic imine (C=N–C) groups is 1. The molecule has 1 unspecified atom stereocenters. The molecule has 1 aliphatic carbocycles. The van der Waals surface area contributed by atoms with E-state index in [1.807, 2.05) is 47.1 Å². The van der Waals surface area contributed by atoms with Crippen LogP contribution in [0.3, 0.4) is 0 Å². The number of amides is 2. The fourth-order valence-electron chi connectivity index (χ4n) is 4.53. The number of rotatable bonds is 7. The lowest BCUT2D eigenvalue weighted by Crippen LogP contribution is -2.48. The highest BCUT2D eigenvalue weighted by Gasteiger charge is 2.31. The first-order valence-corrected chi connectivity index (χ1v) is 11.7. The van der Waals surface area contributed by atoms with E-state index in [4.69, 9.17) is 0 Å². The first-order valence-electron chi connectivity index (χ1n) is 11.7. The molecule has 2 fully saturated rings. The summed E-state index contributed by atoms with van der Waals surface area (Å²) in [4.78, 5) is 33.6. The lowest BCUT2D eigenvalue weighted by molar-refractivity contribution is -0.135. The molecule has 1 heterocycles. The Morgan fingerprint density at radius 1 is 1.13 bits per heavy atom. The molecule has 2 amide bonds. The van der Waals surface area contributed by atoms with Crippen molar-refractivity contribution in [1.82, 2.24) is 20.4 Å². The minimum atomic E-state index is 0.0369. The maximum absolute atomic E-state index is 12.8. The third-order valence-corrected chi connectivity index (χ3v) is 6.38. The maximum Gasteiger partial charge on any atom is 0.242 e. The van der Waals surface area contributed by atoms with Crippen LogP contribution in [0.2, 0.25) is 0 Å². The van der Waals surface area contributed by atoms with Crippen molar-refractivity contribution < 1.29 is 9.59 Å². The third kappa shape index (κ3) is 6.71. The van der Waals surface area contributed by atoms with E-state index in [0.717, 1.165) is 31.4 Å². The highest BCUT2D eigenvalue weighted by atomic mass is 16.2. The van der Waals surface area contributed by atoms with E-state index in [-0.39, 0.29) is 24.4 Å². The van der Waals surface area contributed by atoms with Gasteiger partial charge in [0, 0.05) is 45.2 Å². The zero-order chi connectivity index (χ0) is 22.1. The smallest absolute Gasteiger partial charge is 0.242 e. The molecule has 0 aromatic heterocycles. The minimum Gasteiger partial charge on any atom is -0.352 e. The summed E-state index contributed by atoms with van der Waals surface area (Å²) in [5, 5.41) is 6.54. The van der Waals surface area contributed by atoms with Gasteiger partial charge in [-0.3, -0.25) is 14.6 Å². The summed E-state index contributed by atoms with van der Waals surface area (Å²) >= 11 is 0. The molecule has 3 rings (SSSR count). The van der Waals surface area contributed by atoms with Crippen LogP contribution in [0.4, 0.5) is 0 Å². The molecule has 7 nitrogen and oxygen atoms in total. The number of benzene rings is 1. The Kier molecular flexibility index (Phi) is 8.74. The lowest BCUT2D eigenvalue weighted by atomic mass is 9.88. The Labute approximate surface area is 186 Å². The van der Waals surface area contributed by atoms with Crippen molar-refractivity contribution in [2.45, 2.75) is 58.0 Å². The van der Waals surface area contributed by atoms with Gasteiger partial charge in [-0.05, 0) is 31.7 Å². The molecule has 1 aromatic carbocycles. The standard InChI is InChI=1S/C24H37N5O2/c1-3-28(17-19-10-6-4-7-11-19)22(30)16-26-24(25-2)27-21-14-15-29(18-21)23(31)20-12-8-5-9-13-20/h4,6-7,10-11,20-21H,3,5,8-9,12-18H2,1-2H3,(H2,25,26,27). The van der Waals surface area contributed by atoms with Gasteiger partial charge in [-0.2, -0.15) is 0 Å². The highest BCUT2D eigenvalue weighted by molar-refractivity contribution is 5.86. The van der Waals surface area contributed by atoms with E-state index in [0.29, 0.717) is 31.5 Å². The molecule has 1 saturated carbocycles. The van der Waals surface area contributed by atoms with E-state index in [9.17, 15) is 9.59 Å². The quantitative estimate of drug-likeness (QED) is 0.517. The second kappa shape index (κ2) is 11.7.